The smallest absolute Gasteiger partial charge is 0.308 e. The van der Waals surface area contributed by atoms with Gasteiger partial charge in [0, 0.05) is 11.8 Å². The summed E-state index contributed by atoms with van der Waals surface area (Å²) in [5, 5.41) is 12.6. The number of carbonyl (C=O) groups is 1. The van der Waals surface area contributed by atoms with Crippen molar-refractivity contribution in [3.05, 3.63) is 41.8 Å². The van der Waals surface area contributed by atoms with Gasteiger partial charge in [0.15, 0.2) is 0 Å². The summed E-state index contributed by atoms with van der Waals surface area (Å²) in [4.78, 5) is 10.6. The molecule has 0 atom stereocenters. The minimum Gasteiger partial charge on any atom is -0.481 e. The SMILES string of the molecule is Nc1nn(-c2cccc(F)c2)cc1CC(=O)O. The van der Waals surface area contributed by atoms with E-state index in [1.54, 1.807) is 12.1 Å². The van der Waals surface area contributed by atoms with Gasteiger partial charge in [-0.15, -0.1) is 0 Å². The molecule has 0 radical (unpaired) electrons. The minimum absolute atomic E-state index is 0.136. The molecule has 0 spiro atoms. The quantitative estimate of drug-likeness (QED) is 0.838. The Balaban J connectivity index is 2.37. The Kier molecular flexibility index (Phi) is 2.78. The molecule has 0 aliphatic carbocycles. The maximum absolute atomic E-state index is 13.0. The topological polar surface area (TPSA) is 81.1 Å². The van der Waals surface area contributed by atoms with Gasteiger partial charge >= 0.3 is 5.97 Å². The molecule has 1 aromatic carbocycles. The Morgan fingerprint density at radius 2 is 2.29 bits per heavy atom. The molecule has 0 aliphatic heterocycles. The summed E-state index contributed by atoms with van der Waals surface area (Å²) in [6.07, 6.45) is 1.28. The lowest BCUT2D eigenvalue weighted by Crippen LogP contribution is -2.01. The third kappa shape index (κ3) is 2.41. The first-order valence-corrected chi connectivity index (χ1v) is 4.88. The van der Waals surface area contributed by atoms with Crippen LogP contribution in [0.4, 0.5) is 10.2 Å². The van der Waals surface area contributed by atoms with Crippen LogP contribution in [0.3, 0.4) is 0 Å². The van der Waals surface area contributed by atoms with Crippen molar-refractivity contribution in [3.63, 3.8) is 0 Å². The van der Waals surface area contributed by atoms with Gasteiger partial charge < -0.3 is 10.8 Å². The van der Waals surface area contributed by atoms with E-state index in [0.717, 1.165) is 0 Å². The van der Waals surface area contributed by atoms with Gasteiger partial charge in [0.2, 0.25) is 0 Å². The minimum atomic E-state index is -0.990. The summed E-state index contributed by atoms with van der Waals surface area (Å²) < 4.78 is 14.4. The van der Waals surface area contributed by atoms with Crippen LogP contribution >= 0.6 is 0 Å². The Morgan fingerprint density at radius 1 is 1.53 bits per heavy atom. The zero-order valence-electron chi connectivity index (χ0n) is 8.80. The number of carboxylic acids is 1. The number of hydrogen-bond donors (Lipinski definition) is 2. The molecule has 0 aliphatic rings. The molecule has 2 aromatic rings. The fourth-order valence-electron chi connectivity index (χ4n) is 1.47. The molecule has 0 amide bonds. The molecule has 1 aromatic heterocycles. The first kappa shape index (κ1) is 11.1. The Morgan fingerprint density at radius 3 is 2.94 bits per heavy atom. The first-order chi connectivity index (χ1) is 8.06. The maximum Gasteiger partial charge on any atom is 0.308 e. The van der Waals surface area contributed by atoms with Gasteiger partial charge in [-0.1, -0.05) is 6.07 Å². The van der Waals surface area contributed by atoms with E-state index in [9.17, 15) is 9.18 Å². The average Bonchev–Trinajstić information content (AvgIpc) is 2.59. The molecule has 1 heterocycles. The van der Waals surface area contributed by atoms with Crippen LogP contribution in [0.15, 0.2) is 30.5 Å². The van der Waals surface area contributed by atoms with Gasteiger partial charge in [0.05, 0.1) is 12.1 Å². The van der Waals surface area contributed by atoms with E-state index in [0.29, 0.717) is 11.3 Å². The fraction of sp³-hybridized carbons (Fsp3) is 0.0909. The van der Waals surface area contributed by atoms with E-state index in [4.69, 9.17) is 10.8 Å². The van der Waals surface area contributed by atoms with E-state index in [1.165, 1.54) is 23.0 Å². The second-order valence-electron chi connectivity index (χ2n) is 3.53. The molecule has 17 heavy (non-hydrogen) atoms. The number of anilines is 1. The predicted octanol–water partition coefficient (Wildman–Crippen LogP) is 1.22. The summed E-state index contributed by atoms with van der Waals surface area (Å²) in [6.45, 7) is 0. The van der Waals surface area contributed by atoms with E-state index in [1.807, 2.05) is 0 Å². The van der Waals surface area contributed by atoms with Gasteiger partial charge in [-0.2, -0.15) is 5.10 Å². The van der Waals surface area contributed by atoms with Gasteiger partial charge in [0.25, 0.3) is 0 Å². The highest BCUT2D eigenvalue weighted by Crippen LogP contribution is 2.15. The lowest BCUT2D eigenvalue weighted by atomic mass is 10.2. The number of rotatable bonds is 3. The highest BCUT2D eigenvalue weighted by molar-refractivity contribution is 5.72. The molecule has 3 N–H and O–H groups in total. The number of aromatic nitrogens is 2. The second kappa shape index (κ2) is 4.25. The first-order valence-electron chi connectivity index (χ1n) is 4.88. The molecule has 0 saturated heterocycles. The Bertz CT molecular complexity index is 566. The molecular weight excluding hydrogens is 225 g/mol. The Labute approximate surface area is 96.3 Å². The van der Waals surface area contributed by atoms with Crippen LogP contribution in [0.2, 0.25) is 0 Å². The van der Waals surface area contributed by atoms with Crippen molar-refractivity contribution >= 4 is 11.8 Å². The number of halogens is 1. The van der Waals surface area contributed by atoms with Crippen LogP contribution in [-0.4, -0.2) is 20.9 Å². The monoisotopic (exact) mass is 235 g/mol. The van der Waals surface area contributed by atoms with Gasteiger partial charge in [0.1, 0.15) is 11.6 Å². The number of carboxylic acid groups (broad SMARTS) is 1. The summed E-state index contributed by atoms with van der Waals surface area (Å²) >= 11 is 0. The summed E-state index contributed by atoms with van der Waals surface area (Å²) in [5.41, 5.74) is 6.47. The maximum atomic E-state index is 13.0. The zero-order valence-corrected chi connectivity index (χ0v) is 8.80. The third-order valence-corrected chi connectivity index (χ3v) is 2.24. The van der Waals surface area contributed by atoms with E-state index >= 15 is 0 Å². The van der Waals surface area contributed by atoms with Crippen LogP contribution in [0.25, 0.3) is 5.69 Å². The summed E-state index contributed by atoms with van der Waals surface area (Å²) in [7, 11) is 0. The van der Waals surface area contributed by atoms with Crippen LogP contribution in [-0.2, 0) is 11.2 Å². The molecule has 0 bridgehead atoms. The van der Waals surface area contributed by atoms with Crippen molar-refractivity contribution in [2.45, 2.75) is 6.42 Å². The molecule has 5 nitrogen and oxygen atoms in total. The van der Waals surface area contributed by atoms with Crippen LogP contribution in [0.1, 0.15) is 5.56 Å². The summed E-state index contributed by atoms with van der Waals surface area (Å²) in [5.74, 6) is -1.25. The van der Waals surface area contributed by atoms with Crippen LogP contribution < -0.4 is 5.73 Å². The third-order valence-electron chi connectivity index (χ3n) is 2.24. The van der Waals surface area contributed by atoms with Gasteiger partial charge in [-0.25, -0.2) is 9.07 Å². The van der Waals surface area contributed by atoms with Crippen molar-refractivity contribution < 1.29 is 14.3 Å². The molecule has 0 fully saturated rings. The molecular formula is C11H10FN3O2. The van der Waals surface area contributed by atoms with Gasteiger partial charge in [-0.3, -0.25) is 4.79 Å². The van der Waals surface area contributed by atoms with Crippen LogP contribution in [0, 0.1) is 5.82 Å². The Hall–Kier alpha value is -2.37. The number of nitrogen functional groups attached to an aromatic ring is 1. The van der Waals surface area contributed by atoms with Crippen molar-refractivity contribution in [1.29, 1.82) is 0 Å². The highest BCUT2D eigenvalue weighted by atomic mass is 19.1. The number of hydrogen-bond acceptors (Lipinski definition) is 3. The molecule has 2 rings (SSSR count). The van der Waals surface area contributed by atoms with Crippen molar-refractivity contribution in [3.8, 4) is 5.69 Å². The van der Waals surface area contributed by atoms with E-state index in [-0.39, 0.29) is 12.2 Å². The lowest BCUT2D eigenvalue weighted by Gasteiger charge is -1.99. The normalized spacial score (nSPS) is 10.4. The number of aliphatic carboxylic acids is 1. The number of nitrogens with zero attached hydrogens (tertiary/aromatic N) is 2. The van der Waals surface area contributed by atoms with Crippen molar-refractivity contribution in [1.82, 2.24) is 9.78 Å². The lowest BCUT2D eigenvalue weighted by molar-refractivity contribution is -0.136. The van der Waals surface area contributed by atoms with Crippen molar-refractivity contribution in [2.75, 3.05) is 5.73 Å². The number of nitrogens with two attached hydrogens (primary N) is 1. The van der Waals surface area contributed by atoms with E-state index < -0.39 is 11.8 Å². The molecule has 88 valence electrons. The second-order valence-corrected chi connectivity index (χ2v) is 3.53. The van der Waals surface area contributed by atoms with Crippen LogP contribution in [0.5, 0.6) is 0 Å². The van der Waals surface area contributed by atoms with Crippen molar-refractivity contribution in [2.24, 2.45) is 0 Å². The average molecular weight is 235 g/mol. The van der Waals surface area contributed by atoms with Gasteiger partial charge in [-0.05, 0) is 18.2 Å². The van der Waals surface area contributed by atoms with E-state index in [2.05, 4.69) is 5.10 Å². The zero-order chi connectivity index (χ0) is 12.4. The standard InChI is InChI=1S/C11H10FN3O2/c12-8-2-1-3-9(5-8)15-6-7(4-10(16)17)11(13)14-15/h1-3,5-6H,4H2,(H2,13,14)(H,16,17). The molecule has 6 heteroatoms. The molecule has 0 saturated carbocycles. The molecule has 0 unspecified atom stereocenters. The largest absolute Gasteiger partial charge is 0.481 e. The summed E-state index contributed by atoms with van der Waals surface area (Å²) in [6, 6.07) is 5.80. The number of benzene rings is 1. The highest BCUT2D eigenvalue weighted by Gasteiger charge is 2.10. The predicted molar refractivity (Wildman–Crippen MR) is 59.3 cm³/mol. The fourth-order valence-corrected chi connectivity index (χ4v) is 1.47.